The fraction of sp³-hybridized carbons (Fsp3) is 0.333. The highest BCUT2D eigenvalue weighted by atomic mass is 19.4. The minimum atomic E-state index is -4.39. The van der Waals surface area contributed by atoms with E-state index in [0.717, 1.165) is 12.1 Å². The number of nitrogens with zero attached hydrogens (tertiary/aromatic N) is 1. The molecular weight excluding hydrogens is 261 g/mol. The second-order valence-electron chi connectivity index (χ2n) is 4.16. The second kappa shape index (κ2) is 4.91. The number of carboxylic acid groups (broad SMARTS) is 1. The van der Waals surface area contributed by atoms with Gasteiger partial charge in [0.15, 0.2) is 0 Å². The maximum atomic E-state index is 12.5. The number of halogens is 3. The predicted molar refractivity (Wildman–Crippen MR) is 61.7 cm³/mol. The van der Waals surface area contributed by atoms with Crippen molar-refractivity contribution in [2.45, 2.75) is 25.4 Å². The fourth-order valence-electron chi connectivity index (χ4n) is 1.76. The molecule has 0 saturated carbocycles. The molecule has 102 valence electrons. The van der Waals surface area contributed by atoms with Crippen LogP contribution in [0.1, 0.15) is 24.2 Å². The highest BCUT2D eigenvalue weighted by Crippen LogP contribution is 2.30. The number of aliphatic carboxylic acids is 1. The smallest absolute Gasteiger partial charge is 0.416 e. The lowest BCUT2D eigenvalue weighted by molar-refractivity contribution is -0.138. The van der Waals surface area contributed by atoms with Crippen LogP contribution in [0.3, 0.4) is 0 Å². The van der Waals surface area contributed by atoms with Crippen LogP contribution >= 0.6 is 0 Å². The van der Waals surface area contributed by atoms with Gasteiger partial charge in [-0.3, -0.25) is 4.79 Å². The van der Waals surface area contributed by atoms with Gasteiger partial charge in [-0.05, 0) is 24.6 Å². The van der Waals surface area contributed by atoms with Crippen LogP contribution in [0.25, 0.3) is 11.0 Å². The second-order valence-corrected chi connectivity index (χ2v) is 4.16. The van der Waals surface area contributed by atoms with Gasteiger partial charge in [0.25, 0.3) is 0 Å². The van der Waals surface area contributed by atoms with Crippen molar-refractivity contribution in [3.05, 3.63) is 29.6 Å². The molecule has 4 nitrogen and oxygen atoms in total. The van der Waals surface area contributed by atoms with Crippen molar-refractivity contribution in [1.82, 2.24) is 9.97 Å². The summed E-state index contributed by atoms with van der Waals surface area (Å²) in [6.07, 6.45) is -3.60. The molecule has 19 heavy (non-hydrogen) atoms. The highest BCUT2D eigenvalue weighted by molar-refractivity contribution is 5.76. The van der Waals surface area contributed by atoms with Crippen LogP contribution in [0.4, 0.5) is 13.2 Å². The number of carbonyl (C=O) groups is 1. The zero-order chi connectivity index (χ0) is 14.0. The first kappa shape index (κ1) is 13.4. The van der Waals surface area contributed by atoms with Gasteiger partial charge in [-0.2, -0.15) is 13.2 Å². The molecule has 0 atom stereocenters. The molecule has 0 amide bonds. The van der Waals surface area contributed by atoms with Gasteiger partial charge >= 0.3 is 12.1 Å². The normalized spacial score (nSPS) is 11.9. The Hall–Kier alpha value is -2.05. The number of hydrogen-bond acceptors (Lipinski definition) is 2. The molecule has 0 spiro atoms. The summed E-state index contributed by atoms with van der Waals surface area (Å²) >= 11 is 0. The lowest BCUT2D eigenvalue weighted by Crippen LogP contribution is -2.04. The Morgan fingerprint density at radius 3 is 2.74 bits per heavy atom. The van der Waals surface area contributed by atoms with Gasteiger partial charge in [0.1, 0.15) is 5.82 Å². The molecule has 0 aliphatic carbocycles. The maximum absolute atomic E-state index is 12.5. The van der Waals surface area contributed by atoms with Crippen LogP contribution in [0.15, 0.2) is 18.2 Å². The molecule has 2 aromatic rings. The molecule has 1 aromatic heterocycles. The standard InChI is InChI=1S/C12H11F3N2O2/c13-12(14,15)7-4-5-8-9(6-7)17-10(16-8)2-1-3-11(18)19/h4-6H,1-3H2,(H,16,17)(H,18,19). The number of rotatable bonds is 4. The lowest BCUT2D eigenvalue weighted by Gasteiger charge is -2.05. The Labute approximate surface area is 106 Å². The van der Waals surface area contributed by atoms with Gasteiger partial charge in [-0.15, -0.1) is 0 Å². The van der Waals surface area contributed by atoms with Crippen molar-refractivity contribution in [3.63, 3.8) is 0 Å². The van der Waals surface area contributed by atoms with Gasteiger partial charge in [0, 0.05) is 12.8 Å². The molecule has 0 bridgehead atoms. The molecule has 0 unspecified atom stereocenters. The number of aryl methyl sites for hydroxylation is 1. The van der Waals surface area contributed by atoms with E-state index in [9.17, 15) is 18.0 Å². The number of H-pyrrole nitrogens is 1. The first-order valence-electron chi connectivity index (χ1n) is 5.64. The number of alkyl halides is 3. The summed E-state index contributed by atoms with van der Waals surface area (Å²) in [5.74, 6) is -0.411. The monoisotopic (exact) mass is 272 g/mol. The van der Waals surface area contributed by atoms with Crippen molar-refractivity contribution < 1.29 is 23.1 Å². The van der Waals surface area contributed by atoms with Gasteiger partial charge in [0.05, 0.1) is 16.6 Å². The van der Waals surface area contributed by atoms with Gasteiger partial charge < -0.3 is 10.1 Å². The van der Waals surface area contributed by atoms with Crippen LogP contribution < -0.4 is 0 Å². The van der Waals surface area contributed by atoms with E-state index in [1.165, 1.54) is 6.07 Å². The van der Waals surface area contributed by atoms with Crippen molar-refractivity contribution >= 4 is 17.0 Å². The predicted octanol–water partition coefficient (Wildman–Crippen LogP) is 2.99. The summed E-state index contributed by atoms with van der Waals surface area (Å²) in [5, 5.41) is 8.50. The van der Waals surface area contributed by atoms with E-state index in [4.69, 9.17) is 5.11 Å². The first-order valence-corrected chi connectivity index (χ1v) is 5.64. The average molecular weight is 272 g/mol. The minimum absolute atomic E-state index is 0.00481. The van der Waals surface area contributed by atoms with E-state index in [1.54, 1.807) is 0 Å². The number of carboxylic acids is 1. The van der Waals surface area contributed by atoms with Gasteiger partial charge in [0.2, 0.25) is 0 Å². The molecular formula is C12H11F3N2O2. The minimum Gasteiger partial charge on any atom is -0.481 e. The Morgan fingerprint density at radius 1 is 1.37 bits per heavy atom. The third-order valence-corrected chi connectivity index (χ3v) is 2.66. The molecule has 0 radical (unpaired) electrons. The largest absolute Gasteiger partial charge is 0.481 e. The number of imidazole rings is 1. The van der Waals surface area contributed by atoms with Crippen LogP contribution in [0, 0.1) is 0 Å². The molecule has 1 aromatic carbocycles. The fourth-order valence-corrected chi connectivity index (χ4v) is 1.76. The van der Waals surface area contributed by atoms with Crippen LogP contribution in [0.5, 0.6) is 0 Å². The van der Waals surface area contributed by atoms with E-state index in [-0.39, 0.29) is 6.42 Å². The molecule has 0 saturated heterocycles. The van der Waals surface area contributed by atoms with Crippen LogP contribution in [-0.2, 0) is 17.4 Å². The van der Waals surface area contributed by atoms with Crippen LogP contribution in [0.2, 0.25) is 0 Å². The van der Waals surface area contributed by atoms with E-state index in [1.807, 2.05) is 0 Å². The Morgan fingerprint density at radius 2 is 2.11 bits per heavy atom. The van der Waals surface area contributed by atoms with Crippen molar-refractivity contribution in [3.8, 4) is 0 Å². The summed E-state index contributed by atoms with van der Waals surface area (Å²) in [6, 6.07) is 3.28. The zero-order valence-electron chi connectivity index (χ0n) is 9.79. The third kappa shape index (κ3) is 3.24. The van der Waals surface area contributed by atoms with E-state index in [0.29, 0.717) is 29.7 Å². The molecule has 0 aliphatic heterocycles. The molecule has 0 aliphatic rings. The summed E-state index contributed by atoms with van der Waals surface area (Å²) < 4.78 is 37.5. The van der Waals surface area contributed by atoms with Crippen molar-refractivity contribution in [2.75, 3.05) is 0 Å². The SMILES string of the molecule is O=C(O)CCCc1nc2ccc(C(F)(F)F)cc2[nH]1. The maximum Gasteiger partial charge on any atom is 0.416 e. The lowest BCUT2D eigenvalue weighted by atomic mass is 10.2. The number of nitrogens with one attached hydrogen (secondary N) is 1. The highest BCUT2D eigenvalue weighted by Gasteiger charge is 2.30. The summed E-state index contributed by atoms with van der Waals surface area (Å²) in [4.78, 5) is 17.3. The topological polar surface area (TPSA) is 66.0 Å². The number of aromatic nitrogens is 2. The summed E-state index contributed by atoms with van der Waals surface area (Å²) in [6.45, 7) is 0. The van der Waals surface area contributed by atoms with Gasteiger partial charge in [-0.1, -0.05) is 0 Å². The average Bonchev–Trinajstić information content (AvgIpc) is 2.68. The zero-order valence-corrected chi connectivity index (χ0v) is 9.79. The van der Waals surface area contributed by atoms with E-state index in [2.05, 4.69) is 9.97 Å². The van der Waals surface area contributed by atoms with Crippen molar-refractivity contribution in [2.24, 2.45) is 0 Å². The van der Waals surface area contributed by atoms with Gasteiger partial charge in [-0.25, -0.2) is 4.98 Å². The Balaban J connectivity index is 2.18. The molecule has 1 heterocycles. The molecule has 0 fully saturated rings. The van der Waals surface area contributed by atoms with E-state index >= 15 is 0 Å². The number of benzene rings is 1. The number of aromatic amines is 1. The Kier molecular flexibility index (Phi) is 3.46. The number of fused-ring (bicyclic) bond motifs is 1. The quantitative estimate of drug-likeness (QED) is 0.899. The first-order chi connectivity index (χ1) is 8.86. The molecule has 7 heteroatoms. The number of hydrogen-bond donors (Lipinski definition) is 2. The van der Waals surface area contributed by atoms with E-state index < -0.39 is 17.7 Å². The third-order valence-electron chi connectivity index (χ3n) is 2.66. The molecule has 2 N–H and O–H groups in total. The van der Waals surface area contributed by atoms with Crippen LogP contribution in [-0.4, -0.2) is 21.0 Å². The Bertz CT molecular complexity index is 605. The summed E-state index contributed by atoms with van der Waals surface area (Å²) in [7, 11) is 0. The molecule has 2 rings (SSSR count). The van der Waals surface area contributed by atoms with Crippen molar-refractivity contribution in [1.29, 1.82) is 0 Å². The summed E-state index contributed by atoms with van der Waals surface area (Å²) in [5.41, 5.74) is 0.0132.